The first-order valence-corrected chi connectivity index (χ1v) is 6.78. The number of rotatable bonds is 5. The Hall–Kier alpha value is -1.00. The molecule has 0 saturated heterocycles. The van der Waals surface area contributed by atoms with Crippen molar-refractivity contribution < 1.29 is 4.92 Å². The summed E-state index contributed by atoms with van der Waals surface area (Å²) in [5.41, 5.74) is 0.349. The van der Waals surface area contributed by atoms with E-state index in [4.69, 9.17) is 23.2 Å². The van der Waals surface area contributed by atoms with Crippen LogP contribution < -0.4 is 5.32 Å². The van der Waals surface area contributed by atoms with Gasteiger partial charge >= 0.3 is 0 Å². The fourth-order valence-corrected chi connectivity index (χ4v) is 1.68. The number of hydrogen-bond acceptors (Lipinski definition) is 3. The summed E-state index contributed by atoms with van der Waals surface area (Å²) < 4.78 is 0. The van der Waals surface area contributed by atoms with Crippen LogP contribution in [0.1, 0.15) is 27.7 Å². The van der Waals surface area contributed by atoms with E-state index in [-0.39, 0.29) is 16.1 Å². The zero-order valence-corrected chi connectivity index (χ0v) is 13.0. The Labute approximate surface area is 123 Å². The number of nitrogens with zero attached hydrogens (tertiary/aromatic N) is 1. The predicted octanol–water partition coefficient (Wildman–Crippen LogP) is 5.00. The molecule has 1 rings (SSSR count). The zero-order chi connectivity index (χ0) is 14.8. The molecule has 0 aliphatic rings. The molecular formula is C13H18Cl2N2O2. The van der Waals surface area contributed by atoms with Gasteiger partial charge in [-0.2, -0.15) is 0 Å². The van der Waals surface area contributed by atoms with Gasteiger partial charge in [0.1, 0.15) is 5.69 Å². The normalized spacial score (nSPS) is 11.7. The third-order valence-corrected chi connectivity index (χ3v) is 4.25. The second kappa shape index (κ2) is 5.97. The number of nitro benzene ring substituents is 1. The number of nitrogens with one attached hydrogen (secondary N) is 1. The van der Waals surface area contributed by atoms with Crippen LogP contribution in [-0.2, 0) is 0 Å². The molecule has 0 aromatic heterocycles. The number of anilines is 1. The molecule has 0 unspecified atom stereocenters. The van der Waals surface area contributed by atoms with E-state index >= 15 is 0 Å². The number of benzene rings is 1. The average molecular weight is 305 g/mol. The van der Waals surface area contributed by atoms with E-state index in [1.54, 1.807) is 0 Å². The first-order chi connectivity index (χ1) is 8.65. The van der Waals surface area contributed by atoms with E-state index in [1.807, 2.05) is 0 Å². The van der Waals surface area contributed by atoms with E-state index in [0.717, 1.165) is 0 Å². The highest BCUT2D eigenvalue weighted by Crippen LogP contribution is 2.35. The lowest BCUT2D eigenvalue weighted by Gasteiger charge is -2.29. The smallest absolute Gasteiger partial charge is 0.293 e. The van der Waals surface area contributed by atoms with Crippen LogP contribution in [0.4, 0.5) is 11.4 Å². The molecule has 0 heterocycles. The van der Waals surface area contributed by atoms with Crippen molar-refractivity contribution in [2.24, 2.45) is 11.3 Å². The van der Waals surface area contributed by atoms with Gasteiger partial charge in [-0.1, -0.05) is 50.9 Å². The Kier molecular flexibility index (Phi) is 5.04. The first-order valence-electron chi connectivity index (χ1n) is 6.02. The average Bonchev–Trinajstić information content (AvgIpc) is 2.29. The summed E-state index contributed by atoms with van der Waals surface area (Å²) in [5, 5.41) is 14.6. The van der Waals surface area contributed by atoms with Gasteiger partial charge in [0.25, 0.3) is 5.69 Å². The van der Waals surface area contributed by atoms with Crippen LogP contribution >= 0.6 is 23.2 Å². The van der Waals surface area contributed by atoms with Crippen molar-refractivity contribution in [3.05, 3.63) is 32.3 Å². The van der Waals surface area contributed by atoms with Gasteiger partial charge in [-0.05, 0) is 17.4 Å². The molecule has 0 aliphatic heterocycles. The van der Waals surface area contributed by atoms with Gasteiger partial charge in [-0.15, -0.1) is 0 Å². The van der Waals surface area contributed by atoms with Crippen molar-refractivity contribution in [3.63, 3.8) is 0 Å². The summed E-state index contributed by atoms with van der Waals surface area (Å²) in [6, 6.07) is 2.77. The summed E-state index contributed by atoms with van der Waals surface area (Å²) >= 11 is 11.7. The number of hydrogen-bond donors (Lipinski definition) is 1. The van der Waals surface area contributed by atoms with Crippen molar-refractivity contribution in [3.8, 4) is 0 Å². The maximum absolute atomic E-state index is 11.0. The molecular weight excluding hydrogens is 287 g/mol. The fraction of sp³-hybridized carbons (Fsp3) is 0.538. The molecule has 0 amide bonds. The quantitative estimate of drug-likeness (QED) is 0.615. The summed E-state index contributed by atoms with van der Waals surface area (Å²) in [7, 11) is 0. The number of nitro groups is 1. The molecule has 0 radical (unpaired) electrons. The molecule has 0 spiro atoms. The van der Waals surface area contributed by atoms with Gasteiger partial charge < -0.3 is 5.32 Å². The van der Waals surface area contributed by atoms with E-state index in [0.29, 0.717) is 23.2 Å². The third kappa shape index (κ3) is 3.98. The standard InChI is InChI=1S/C13H18Cl2N2O2/c1-8(2)13(3,4)7-16-11-5-9(14)10(15)6-12(11)17(18)19/h5-6,8,16H,7H2,1-4H3. The second-order valence-electron chi connectivity index (χ2n) is 5.54. The minimum absolute atomic E-state index is 0.0139. The van der Waals surface area contributed by atoms with E-state index < -0.39 is 4.92 Å². The molecule has 106 valence electrons. The number of halogens is 2. The molecule has 0 bridgehead atoms. The molecule has 0 fully saturated rings. The lowest BCUT2D eigenvalue weighted by molar-refractivity contribution is -0.383. The van der Waals surface area contributed by atoms with Crippen LogP contribution in [0.2, 0.25) is 10.0 Å². The van der Waals surface area contributed by atoms with Gasteiger partial charge in [0, 0.05) is 12.6 Å². The Balaban J connectivity index is 3.01. The Bertz CT molecular complexity index is 488. The highest BCUT2D eigenvalue weighted by atomic mass is 35.5. The topological polar surface area (TPSA) is 55.2 Å². The molecule has 1 N–H and O–H groups in total. The first kappa shape index (κ1) is 16.1. The fourth-order valence-electron chi connectivity index (χ4n) is 1.36. The molecule has 6 heteroatoms. The van der Waals surface area contributed by atoms with Crippen molar-refractivity contribution >= 4 is 34.6 Å². The Morgan fingerprint density at radius 3 is 2.32 bits per heavy atom. The second-order valence-corrected chi connectivity index (χ2v) is 6.35. The Morgan fingerprint density at radius 2 is 1.84 bits per heavy atom. The SMILES string of the molecule is CC(C)C(C)(C)CNc1cc(Cl)c(Cl)cc1[N+](=O)[O-]. The van der Waals surface area contributed by atoms with Crippen LogP contribution in [0.25, 0.3) is 0 Å². The van der Waals surface area contributed by atoms with Gasteiger partial charge in [-0.25, -0.2) is 0 Å². The zero-order valence-electron chi connectivity index (χ0n) is 11.5. The molecule has 0 aliphatic carbocycles. The molecule has 0 saturated carbocycles. The van der Waals surface area contributed by atoms with Gasteiger partial charge in [-0.3, -0.25) is 10.1 Å². The highest BCUT2D eigenvalue weighted by molar-refractivity contribution is 6.42. The molecule has 1 aromatic rings. The summed E-state index contributed by atoms with van der Waals surface area (Å²) in [5.74, 6) is 0.446. The lowest BCUT2D eigenvalue weighted by atomic mass is 9.81. The monoisotopic (exact) mass is 304 g/mol. The largest absolute Gasteiger partial charge is 0.379 e. The lowest BCUT2D eigenvalue weighted by Crippen LogP contribution is -2.28. The van der Waals surface area contributed by atoms with Gasteiger partial charge in [0.2, 0.25) is 0 Å². The minimum Gasteiger partial charge on any atom is -0.379 e. The van der Waals surface area contributed by atoms with Gasteiger partial charge in [0.05, 0.1) is 15.0 Å². The van der Waals surface area contributed by atoms with Crippen molar-refractivity contribution in [2.45, 2.75) is 27.7 Å². The van der Waals surface area contributed by atoms with Crippen LogP contribution in [0.3, 0.4) is 0 Å². The van der Waals surface area contributed by atoms with E-state index in [1.165, 1.54) is 12.1 Å². The van der Waals surface area contributed by atoms with E-state index in [9.17, 15) is 10.1 Å². The van der Waals surface area contributed by atoms with E-state index in [2.05, 4.69) is 33.0 Å². The predicted molar refractivity (Wildman–Crippen MR) is 80.2 cm³/mol. The van der Waals surface area contributed by atoms with Gasteiger partial charge in [0.15, 0.2) is 0 Å². The molecule has 19 heavy (non-hydrogen) atoms. The van der Waals surface area contributed by atoms with Crippen LogP contribution in [0.5, 0.6) is 0 Å². The highest BCUT2D eigenvalue weighted by Gasteiger charge is 2.24. The van der Waals surface area contributed by atoms with Crippen LogP contribution in [0.15, 0.2) is 12.1 Å². The third-order valence-electron chi connectivity index (χ3n) is 3.53. The van der Waals surface area contributed by atoms with Crippen LogP contribution in [0, 0.1) is 21.4 Å². The molecule has 4 nitrogen and oxygen atoms in total. The van der Waals surface area contributed by atoms with Crippen molar-refractivity contribution in [1.82, 2.24) is 0 Å². The van der Waals surface area contributed by atoms with Crippen molar-refractivity contribution in [1.29, 1.82) is 0 Å². The molecule has 0 atom stereocenters. The summed E-state index contributed by atoms with van der Waals surface area (Å²) in [4.78, 5) is 10.5. The summed E-state index contributed by atoms with van der Waals surface area (Å²) in [6.07, 6.45) is 0. The van der Waals surface area contributed by atoms with Crippen LogP contribution in [-0.4, -0.2) is 11.5 Å². The minimum atomic E-state index is -0.465. The maximum atomic E-state index is 11.0. The molecule has 1 aromatic carbocycles. The van der Waals surface area contributed by atoms with Crippen molar-refractivity contribution in [2.75, 3.05) is 11.9 Å². The maximum Gasteiger partial charge on any atom is 0.293 e. The Morgan fingerprint density at radius 1 is 1.32 bits per heavy atom. The summed E-state index contributed by atoms with van der Waals surface area (Å²) in [6.45, 7) is 9.06.